The Bertz CT molecular complexity index is 411. The van der Waals surface area contributed by atoms with Gasteiger partial charge in [-0.2, -0.15) is 0 Å². The van der Waals surface area contributed by atoms with Crippen LogP contribution in [0.15, 0.2) is 24.3 Å². The summed E-state index contributed by atoms with van der Waals surface area (Å²) in [6.07, 6.45) is 1.76. The van der Waals surface area contributed by atoms with Gasteiger partial charge >= 0.3 is 0 Å². The summed E-state index contributed by atoms with van der Waals surface area (Å²) in [5, 5.41) is 10.1. The number of fused-ring (bicyclic) bond motifs is 1. The summed E-state index contributed by atoms with van der Waals surface area (Å²) in [4.78, 5) is 4.51. The zero-order valence-electron chi connectivity index (χ0n) is 12.6. The topological polar surface area (TPSA) is 35.9 Å². The zero-order chi connectivity index (χ0) is 14.4. The van der Waals surface area contributed by atoms with Gasteiger partial charge in [0.2, 0.25) is 0 Å². The molecule has 1 N–H and O–H groups in total. The fourth-order valence-corrected chi connectivity index (χ4v) is 2.53. The van der Waals surface area contributed by atoms with Crippen LogP contribution in [0.2, 0.25) is 0 Å². The quantitative estimate of drug-likeness (QED) is 0.775. The van der Waals surface area contributed by atoms with Crippen LogP contribution in [-0.4, -0.2) is 51.1 Å². The molecule has 1 aliphatic heterocycles. The van der Waals surface area contributed by atoms with E-state index in [-0.39, 0.29) is 0 Å². The highest BCUT2D eigenvalue weighted by atomic mass is 16.5. The van der Waals surface area contributed by atoms with Crippen molar-refractivity contribution in [3.05, 3.63) is 24.3 Å². The number of aliphatic hydroxyl groups excluding tert-OH is 1. The van der Waals surface area contributed by atoms with Crippen molar-refractivity contribution < 1.29 is 9.84 Å². The molecule has 1 unspecified atom stereocenters. The van der Waals surface area contributed by atoms with Crippen molar-refractivity contribution in [3.8, 4) is 0 Å². The van der Waals surface area contributed by atoms with Crippen molar-refractivity contribution >= 4 is 11.4 Å². The number of ether oxygens (including phenoxy) is 1. The SMILES string of the molecule is CCCCOCC(O)CN1CCN(C)c2ccccc21. The summed E-state index contributed by atoms with van der Waals surface area (Å²) >= 11 is 0. The van der Waals surface area contributed by atoms with Crippen LogP contribution in [0.3, 0.4) is 0 Å². The van der Waals surface area contributed by atoms with E-state index >= 15 is 0 Å². The van der Waals surface area contributed by atoms with Gasteiger partial charge in [-0.15, -0.1) is 0 Å². The van der Waals surface area contributed by atoms with Crippen LogP contribution in [0.4, 0.5) is 11.4 Å². The molecule has 0 bridgehead atoms. The van der Waals surface area contributed by atoms with Crippen LogP contribution in [0.1, 0.15) is 19.8 Å². The molecule has 0 spiro atoms. The fraction of sp³-hybridized carbons (Fsp3) is 0.625. The lowest BCUT2D eigenvalue weighted by Gasteiger charge is -2.37. The molecule has 0 amide bonds. The molecule has 1 heterocycles. The van der Waals surface area contributed by atoms with E-state index in [1.54, 1.807) is 0 Å². The number of aliphatic hydroxyl groups is 1. The first kappa shape index (κ1) is 15.1. The van der Waals surface area contributed by atoms with Crippen molar-refractivity contribution in [2.24, 2.45) is 0 Å². The molecule has 0 aromatic heterocycles. The average Bonchev–Trinajstić information content (AvgIpc) is 2.47. The first-order chi connectivity index (χ1) is 9.72. The fourth-order valence-electron chi connectivity index (χ4n) is 2.53. The molecule has 0 saturated carbocycles. The monoisotopic (exact) mass is 278 g/mol. The maximum absolute atomic E-state index is 10.1. The highest BCUT2D eigenvalue weighted by Crippen LogP contribution is 2.31. The van der Waals surface area contributed by atoms with Gasteiger partial charge in [0.1, 0.15) is 0 Å². The Balaban J connectivity index is 1.89. The van der Waals surface area contributed by atoms with E-state index < -0.39 is 6.10 Å². The third-order valence-corrected chi connectivity index (χ3v) is 3.72. The third-order valence-electron chi connectivity index (χ3n) is 3.72. The lowest BCUT2D eigenvalue weighted by Crippen LogP contribution is -2.43. The highest BCUT2D eigenvalue weighted by molar-refractivity contribution is 5.73. The maximum atomic E-state index is 10.1. The number of likely N-dealkylation sites (N-methyl/N-ethyl adjacent to an activating group) is 1. The van der Waals surface area contributed by atoms with E-state index in [2.05, 4.69) is 48.0 Å². The highest BCUT2D eigenvalue weighted by Gasteiger charge is 2.21. The molecular weight excluding hydrogens is 252 g/mol. The predicted octanol–water partition coefficient (Wildman–Crippen LogP) is 2.12. The van der Waals surface area contributed by atoms with Gasteiger partial charge in [0.15, 0.2) is 0 Å². The summed E-state index contributed by atoms with van der Waals surface area (Å²) in [5.41, 5.74) is 2.44. The number of anilines is 2. The second kappa shape index (κ2) is 7.50. The van der Waals surface area contributed by atoms with Gasteiger partial charge in [0, 0.05) is 33.3 Å². The number of nitrogens with zero attached hydrogens (tertiary/aromatic N) is 2. The van der Waals surface area contributed by atoms with Gasteiger partial charge in [-0.3, -0.25) is 0 Å². The number of para-hydroxylation sites is 2. The van der Waals surface area contributed by atoms with Gasteiger partial charge in [0.25, 0.3) is 0 Å². The minimum atomic E-state index is -0.427. The molecule has 0 aliphatic carbocycles. The Morgan fingerprint density at radius 3 is 2.75 bits per heavy atom. The van der Waals surface area contributed by atoms with Crippen LogP contribution < -0.4 is 9.80 Å². The minimum absolute atomic E-state index is 0.425. The van der Waals surface area contributed by atoms with E-state index in [1.807, 2.05) is 0 Å². The molecule has 0 fully saturated rings. The van der Waals surface area contributed by atoms with Crippen LogP contribution in [0, 0.1) is 0 Å². The first-order valence-electron chi connectivity index (χ1n) is 7.53. The molecule has 4 nitrogen and oxygen atoms in total. The van der Waals surface area contributed by atoms with Crippen molar-refractivity contribution in [1.29, 1.82) is 0 Å². The summed E-state index contributed by atoms with van der Waals surface area (Å²) in [7, 11) is 2.11. The molecule has 0 radical (unpaired) electrons. The molecule has 1 aromatic rings. The smallest absolute Gasteiger partial charge is 0.0948 e. The van der Waals surface area contributed by atoms with Crippen molar-refractivity contribution in [2.75, 3.05) is 49.7 Å². The lowest BCUT2D eigenvalue weighted by molar-refractivity contribution is 0.0391. The number of benzene rings is 1. The lowest BCUT2D eigenvalue weighted by atomic mass is 10.1. The molecule has 2 rings (SSSR count). The largest absolute Gasteiger partial charge is 0.389 e. The molecule has 1 aromatic carbocycles. The molecule has 1 atom stereocenters. The summed E-state index contributed by atoms with van der Waals surface area (Å²) in [6, 6.07) is 8.36. The Labute approximate surface area is 122 Å². The Morgan fingerprint density at radius 2 is 2.00 bits per heavy atom. The van der Waals surface area contributed by atoms with Crippen LogP contribution in [-0.2, 0) is 4.74 Å². The van der Waals surface area contributed by atoms with Gasteiger partial charge in [-0.05, 0) is 18.6 Å². The normalized spacial score (nSPS) is 16.1. The number of hydrogen-bond donors (Lipinski definition) is 1. The molecule has 4 heteroatoms. The molecule has 0 saturated heterocycles. The van der Waals surface area contributed by atoms with Crippen molar-refractivity contribution in [3.63, 3.8) is 0 Å². The van der Waals surface area contributed by atoms with Gasteiger partial charge in [-0.25, -0.2) is 0 Å². The first-order valence-corrected chi connectivity index (χ1v) is 7.53. The van der Waals surface area contributed by atoms with E-state index in [1.165, 1.54) is 11.4 Å². The van der Waals surface area contributed by atoms with Gasteiger partial charge in [0.05, 0.1) is 24.1 Å². The standard InChI is InChI=1S/C16H26N2O2/c1-3-4-11-20-13-14(19)12-18-10-9-17(2)15-7-5-6-8-16(15)18/h5-8,14,19H,3-4,9-13H2,1-2H3. The third kappa shape index (κ3) is 3.87. The molecule has 112 valence electrons. The molecule has 1 aliphatic rings. The second-order valence-corrected chi connectivity index (χ2v) is 5.44. The summed E-state index contributed by atoms with van der Waals surface area (Å²) < 4.78 is 5.50. The number of β-amino-alcohol motifs (C(OH)–C–C–N with tert-alkyl or cyclic N) is 1. The number of unbranched alkanes of at least 4 members (excludes halogenated alkanes) is 1. The second-order valence-electron chi connectivity index (χ2n) is 5.44. The Hall–Kier alpha value is -1.26. The van der Waals surface area contributed by atoms with Crippen molar-refractivity contribution in [1.82, 2.24) is 0 Å². The van der Waals surface area contributed by atoms with E-state index in [0.717, 1.165) is 32.5 Å². The minimum Gasteiger partial charge on any atom is -0.389 e. The number of hydrogen-bond acceptors (Lipinski definition) is 4. The van der Waals surface area contributed by atoms with Gasteiger partial charge < -0.3 is 19.6 Å². The Morgan fingerprint density at radius 1 is 1.25 bits per heavy atom. The summed E-state index contributed by atoms with van der Waals surface area (Å²) in [5.74, 6) is 0. The Kier molecular flexibility index (Phi) is 5.68. The number of rotatable bonds is 7. The maximum Gasteiger partial charge on any atom is 0.0948 e. The zero-order valence-corrected chi connectivity index (χ0v) is 12.6. The molecular formula is C16H26N2O2. The van der Waals surface area contributed by atoms with Crippen LogP contribution in [0.25, 0.3) is 0 Å². The summed E-state index contributed by atoms with van der Waals surface area (Å²) in [6.45, 7) is 5.87. The van der Waals surface area contributed by atoms with Gasteiger partial charge in [-0.1, -0.05) is 25.5 Å². The van der Waals surface area contributed by atoms with Crippen LogP contribution >= 0.6 is 0 Å². The molecule has 20 heavy (non-hydrogen) atoms. The van der Waals surface area contributed by atoms with Crippen molar-refractivity contribution in [2.45, 2.75) is 25.9 Å². The van der Waals surface area contributed by atoms with E-state index in [4.69, 9.17) is 4.74 Å². The van der Waals surface area contributed by atoms with E-state index in [0.29, 0.717) is 13.2 Å². The van der Waals surface area contributed by atoms with Crippen LogP contribution in [0.5, 0.6) is 0 Å². The van der Waals surface area contributed by atoms with E-state index in [9.17, 15) is 5.11 Å². The predicted molar refractivity (Wildman–Crippen MR) is 83.7 cm³/mol. The average molecular weight is 278 g/mol.